The zero-order valence-electron chi connectivity index (χ0n) is 9.63. The first-order valence-corrected chi connectivity index (χ1v) is 6.47. The molecule has 0 aliphatic carbocycles. The molecule has 2 aromatic heterocycles. The van der Waals surface area contributed by atoms with Crippen molar-refractivity contribution in [1.82, 2.24) is 4.98 Å². The van der Waals surface area contributed by atoms with Gasteiger partial charge in [-0.15, -0.1) is 11.3 Å². The Morgan fingerprint density at radius 1 is 1.50 bits per heavy atom. The van der Waals surface area contributed by atoms with Crippen LogP contribution in [-0.4, -0.2) is 23.1 Å². The lowest BCUT2D eigenvalue weighted by Crippen LogP contribution is -2.18. The lowest BCUT2D eigenvalue weighted by molar-refractivity contribution is 0.0691. The van der Waals surface area contributed by atoms with Gasteiger partial charge in [-0.3, -0.25) is 0 Å². The smallest absolute Gasteiger partial charge is 0.356 e. The van der Waals surface area contributed by atoms with Gasteiger partial charge in [0.05, 0.1) is 11.6 Å². The molecule has 6 heteroatoms. The Bertz CT molecular complexity index is 557. The van der Waals surface area contributed by atoms with Gasteiger partial charge in [0.1, 0.15) is 5.82 Å². The summed E-state index contributed by atoms with van der Waals surface area (Å²) in [6, 6.07) is 7.27. The largest absolute Gasteiger partial charge is 0.476 e. The van der Waals surface area contributed by atoms with Crippen molar-refractivity contribution >= 4 is 34.7 Å². The fourth-order valence-electron chi connectivity index (χ4n) is 1.51. The molecule has 0 saturated carbocycles. The van der Waals surface area contributed by atoms with Crippen LogP contribution in [0.4, 0.5) is 5.82 Å². The van der Waals surface area contributed by atoms with Crippen molar-refractivity contribution in [2.24, 2.45) is 0 Å². The number of carboxylic acid groups (broad SMARTS) is 1. The van der Waals surface area contributed by atoms with E-state index in [9.17, 15) is 4.79 Å². The lowest BCUT2D eigenvalue weighted by Gasteiger charge is -2.17. The van der Waals surface area contributed by atoms with E-state index in [-0.39, 0.29) is 10.7 Å². The van der Waals surface area contributed by atoms with Crippen LogP contribution in [0, 0.1) is 0 Å². The first-order valence-electron chi connectivity index (χ1n) is 5.21. The summed E-state index contributed by atoms with van der Waals surface area (Å²) in [6.45, 7) is 0.686. The highest BCUT2D eigenvalue weighted by Gasteiger charge is 2.13. The van der Waals surface area contributed by atoms with E-state index >= 15 is 0 Å². The molecule has 0 bridgehead atoms. The van der Waals surface area contributed by atoms with Gasteiger partial charge in [0.2, 0.25) is 0 Å². The zero-order chi connectivity index (χ0) is 13.1. The van der Waals surface area contributed by atoms with Gasteiger partial charge in [-0.25, -0.2) is 9.78 Å². The number of nitrogens with zero attached hydrogens (tertiary/aromatic N) is 2. The molecule has 94 valence electrons. The maximum absolute atomic E-state index is 11.0. The van der Waals surface area contributed by atoms with Gasteiger partial charge in [0.15, 0.2) is 5.69 Å². The number of pyridine rings is 1. The third kappa shape index (κ3) is 2.80. The van der Waals surface area contributed by atoms with E-state index in [0.717, 1.165) is 0 Å². The molecule has 1 N–H and O–H groups in total. The molecule has 0 amide bonds. The molecule has 0 aliphatic heterocycles. The number of thiophene rings is 1. The van der Waals surface area contributed by atoms with Crippen molar-refractivity contribution in [3.8, 4) is 0 Å². The van der Waals surface area contributed by atoms with Crippen molar-refractivity contribution in [2.75, 3.05) is 11.9 Å². The summed E-state index contributed by atoms with van der Waals surface area (Å²) >= 11 is 7.43. The third-order valence-corrected chi connectivity index (χ3v) is 3.56. The molecule has 0 aliphatic rings. The molecule has 0 radical (unpaired) electrons. The van der Waals surface area contributed by atoms with Gasteiger partial charge in [-0.05, 0) is 23.6 Å². The van der Waals surface area contributed by atoms with E-state index in [2.05, 4.69) is 4.98 Å². The molecule has 18 heavy (non-hydrogen) atoms. The average Bonchev–Trinajstić information content (AvgIpc) is 2.81. The summed E-state index contributed by atoms with van der Waals surface area (Å²) in [4.78, 5) is 18.1. The van der Waals surface area contributed by atoms with Gasteiger partial charge < -0.3 is 10.0 Å². The Labute approximate surface area is 113 Å². The zero-order valence-corrected chi connectivity index (χ0v) is 11.2. The summed E-state index contributed by atoms with van der Waals surface area (Å²) in [5.74, 6) is -0.531. The predicted molar refractivity (Wildman–Crippen MR) is 72.6 cm³/mol. The minimum absolute atomic E-state index is 0.118. The van der Waals surface area contributed by atoms with Crippen LogP contribution in [0.3, 0.4) is 0 Å². The molecule has 0 aromatic carbocycles. The third-order valence-electron chi connectivity index (χ3n) is 2.40. The van der Waals surface area contributed by atoms with Gasteiger partial charge in [-0.2, -0.15) is 0 Å². The SMILES string of the molecule is CN(Cc1cccs1)c1ccc(Cl)c(C(=O)O)n1. The number of carboxylic acids is 1. The standard InChI is InChI=1S/C12H11ClN2O2S/c1-15(7-8-3-2-6-18-8)10-5-4-9(13)11(14-10)12(16)17/h2-6H,7H2,1H3,(H,16,17). The number of hydrogen-bond donors (Lipinski definition) is 1. The molecule has 0 saturated heterocycles. The van der Waals surface area contributed by atoms with Crippen LogP contribution in [0.1, 0.15) is 15.4 Å². The van der Waals surface area contributed by atoms with Crippen LogP contribution < -0.4 is 4.90 Å². The molecule has 0 atom stereocenters. The van der Waals surface area contributed by atoms with E-state index in [1.807, 2.05) is 29.5 Å². The monoisotopic (exact) mass is 282 g/mol. The minimum Gasteiger partial charge on any atom is -0.476 e. The molecular weight excluding hydrogens is 272 g/mol. The van der Waals surface area contributed by atoms with Crippen molar-refractivity contribution < 1.29 is 9.90 Å². The topological polar surface area (TPSA) is 53.4 Å². The van der Waals surface area contributed by atoms with E-state index in [1.54, 1.807) is 23.5 Å². The predicted octanol–water partition coefficient (Wildman–Crippen LogP) is 3.13. The van der Waals surface area contributed by atoms with Crippen LogP contribution >= 0.6 is 22.9 Å². The molecule has 4 nitrogen and oxygen atoms in total. The first-order chi connectivity index (χ1) is 8.58. The number of aromatic nitrogens is 1. The second-order valence-electron chi connectivity index (χ2n) is 3.74. The Morgan fingerprint density at radius 2 is 2.28 bits per heavy atom. The maximum Gasteiger partial charge on any atom is 0.356 e. The summed E-state index contributed by atoms with van der Waals surface area (Å²) in [6.07, 6.45) is 0. The van der Waals surface area contributed by atoms with Crippen molar-refractivity contribution in [1.29, 1.82) is 0 Å². The van der Waals surface area contributed by atoms with Gasteiger partial charge >= 0.3 is 5.97 Å². The van der Waals surface area contributed by atoms with Crippen LogP contribution in [-0.2, 0) is 6.54 Å². The van der Waals surface area contributed by atoms with Crippen LogP contribution in [0.15, 0.2) is 29.6 Å². The minimum atomic E-state index is -1.12. The molecular formula is C12H11ClN2O2S. The van der Waals surface area contributed by atoms with Crippen molar-refractivity contribution in [3.63, 3.8) is 0 Å². The van der Waals surface area contributed by atoms with Crippen LogP contribution in [0.2, 0.25) is 5.02 Å². The molecule has 2 heterocycles. The first kappa shape index (κ1) is 12.9. The summed E-state index contributed by atoms with van der Waals surface area (Å²) in [5.41, 5.74) is -0.118. The number of rotatable bonds is 4. The average molecular weight is 283 g/mol. The summed E-state index contributed by atoms with van der Waals surface area (Å²) in [7, 11) is 1.86. The fourth-order valence-corrected chi connectivity index (χ4v) is 2.46. The Morgan fingerprint density at radius 3 is 2.89 bits per heavy atom. The normalized spacial score (nSPS) is 10.3. The lowest BCUT2D eigenvalue weighted by atomic mass is 10.3. The highest BCUT2D eigenvalue weighted by molar-refractivity contribution is 7.09. The molecule has 0 spiro atoms. The van der Waals surface area contributed by atoms with E-state index in [1.165, 1.54) is 4.88 Å². The summed E-state index contributed by atoms with van der Waals surface area (Å²) < 4.78 is 0. The Kier molecular flexibility index (Phi) is 3.84. The number of carbonyl (C=O) groups is 1. The number of hydrogen-bond acceptors (Lipinski definition) is 4. The van der Waals surface area contributed by atoms with E-state index < -0.39 is 5.97 Å². The molecule has 0 fully saturated rings. The second kappa shape index (κ2) is 5.37. The van der Waals surface area contributed by atoms with E-state index in [4.69, 9.17) is 16.7 Å². The van der Waals surface area contributed by atoms with Gasteiger partial charge in [0, 0.05) is 11.9 Å². The highest BCUT2D eigenvalue weighted by Crippen LogP contribution is 2.21. The van der Waals surface area contributed by atoms with Crippen molar-refractivity contribution in [3.05, 3.63) is 45.2 Å². The molecule has 2 aromatic rings. The van der Waals surface area contributed by atoms with E-state index in [0.29, 0.717) is 12.4 Å². The molecule has 0 unspecified atom stereocenters. The quantitative estimate of drug-likeness (QED) is 0.936. The Hall–Kier alpha value is -1.59. The summed E-state index contributed by atoms with van der Waals surface area (Å²) in [5, 5.41) is 11.1. The maximum atomic E-state index is 11.0. The van der Waals surface area contributed by atoms with Gasteiger partial charge in [-0.1, -0.05) is 17.7 Å². The number of aromatic carboxylic acids is 1. The number of anilines is 1. The van der Waals surface area contributed by atoms with Crippen molar-refractivity contribution in [2.45, 2.75) is 6.54 Å². The van der Waals surface area contributed by atoms with Gasteiger partial charge in [0.25, 0.3) is 0 Å². The number of halogens is 1. The molecule has 2 rings (SSSR count). The second-order valence-corrected chi connectivity index (χ2v) is 5.18. The van der Waals surface area contributed by atoms with Crippen LogP contribution in [0.25, 0.3) is 0 Å². The highest BCUT2D eigenvalue weighted by atomic mass is 35.5. The van der Waals surface area contributed by atoms with Crippen LogP contribution in [0.5, 0.6) is 0 Å². The fraction of sp³-hybridized carbons (Fsp3) is 0.167. The Balaban J connectivity index is 2.22.